The number of alkyl halides is 1. The Kier molecular flexibility index (Phi) is 3.27. The number of nitrogens with zero attached hydrogens (tertiary/aromatic N) is 1. The zero-order valence-electron chi connectivity index (χ0n) is 6.96. The van der Waals surface area contributed by atoms with Crippen LogP contribution in [0.25, 0.3) is 0 Å². The summed E-state index contributed by atoms with van der Waals surface area (Å²) in [4.78, 5) is 1.98. The maximum atomic E-state index is 12.8. The minimum absolute atomic E-state index is 0.223. The Balaban J connectivity index is 2.17. The fourth-order valence-corrected chi connectivity index (χ4v) is 1.39. The third kappa shape index (κ3) is 2.75. The highest BCUT2D eigenvalue weighted by atomic mass is 19.1. The Morgan fingerprint density at radius 2 is 2.45 bits per heavy atom. The summed E-state index contributed by atoms with van der Waals surface area (Å²) in [6.07, 6.45) is 0.433. The Bertz CT molecular complexity index is 121. The molecule has 1 saturated heterocycles. The predicted octanol–water partition coefficient (Wildman–Crippen LogP) is 0.801. The van der Waals surface area contributed by atoms with Crippen molar-refractivity contribution in [2.75, 3.05) is 19.6 Å². The van der Waals surface area contributed by atoms with Crippen molar-refractivity contribution in [1.82, 2.24) is 4.90 Å². The van der Waals surface area contributed by atoms with Gasteiger partial charge in [0, 0.05) is 19.6 Å². The molecule has 11 heavy (non-hydrogen) atoms. The van der Waals surface area contributed by atoms with E-state index in [4.69, 9.17) is 5.11 Å². The molecule has 66 valence electrons. The second kappa shape index (κ2) is 4.02. The molecule has 1 aliphatic rings. The average molecular weight is 161 g/mol. The van der Waals surface area contributed by atoms with E-state index in [2.05, 4.69) is 0 Å². The Hall–Kier alpha value is -0.150. The van der Waals surface area contributed by atoms with Gasteiger partial charge in [-0.25, -0.2) is 4.39 Å². The number of halogens is 1. The normalized spacial score (nSPS) is 29.2. The summed E-state index contributed by atoms with van der Waals surface area (Å²) < 4.78 is 12.8. The molecule has 0 spiro atoms. The lowest BCUT2D eigenvalue weighted by Crippen LogP contribution is -2.28. The van der Waals surface area contributed by atoms with Crippen LogP contribution < -0.4 is 0 Å². The minimum Gasteiger partial charge on any atom is -0.392 e. The number of hydrogen-bond acceptors (Lipinski definition) is 2. The SMILES string of the molecule is CCC(F)CN1CC[C@H](O)C1. The molecule has 3 heteroatoms. The Morgan fingerprint density at radius 3 is 2.91 bits per heavy atom. The molecule has 0 saturated carbocycles. The van der Waals surface area contributed by atoms with Crippen LogP contribution in [0.15, 0.2) is 0 Å². The summed E-state index contributed by atoms with van der Waals surface area (Å²) >= 11 is 0. The summed E-state index contributed by atoms with van der Waals surface area (Å²) in [5.41, 5.74) is 0. The van der Waals surface area contributed by atoms with Crippen molar-refractivity contribution < 1.29 is 9.50 Å². The highest BCUT2D eigenvalue weighted by molar-refractivity contribution is 4.76. The second-order valence-electron chi connectivity index (χ2n) is 3.21. The molecule has 2 nitrogen and oxygen atoms in total. The van der Waals surface area contributed by atoms with Gasteiger partial charge in [-0.2, -0.15) is 0 Å². The molecule has 0 aromatic carbocycles. The summed E-state index contributed by atoms with van der Waals surface area (Å²) in [6, 6.07) is 0. The summed E-state index contributed by atoms with van der Waals surface area (Å²) in [7, 11) is 0. The number of rotatable bonds is 3. The molecule has 1 unspecified atom stereocenters. The van der Waals surface area contributed by atoms with E-state index in [0.717, 1.165) is 13.0 Å². The molecule has 0 bridgehead atoms. The third-order valence-corrected chi connectivity index (χ3v) is 2.15. The Morgan fingerprint density at radius 1 is 1.73 bits per heavy atom. The number of aliphatic hydroxyl groups excluding tert-OH is 1. The molecular formula is C8H16FNO. The van der Waals surface area contributed by atoms with E-state index in [9.17, 15) is 4.39 Å². The van der Waals surface area contributed by atoms with Crippen LogP contribution in [0.5, 0.6) is 0 Å². The van der Waals surface area contributed by atoms with Crippen LogP contribution in [0.1, 0.15) is 19.8 Å². The predicted molar refractivity (Wildman–Crippen MR) is 42.3 cm³/mol. The van der Waals surface area contributed by atoms with E-state index in [1.165, 1.54) is 0 Å². The molecule has 1 rings (SSSR count). The highest BCUT2D eigenvalue weighted by Crippen LogP contribution is 2.10. The van der Waals surface area contributed by atoms with Crippen molar-refractivity contribution in [3.8, 4) is 0 Å². The van der Waals surface area contributed by atoms with Gasteiger partial charge in [-0.3, -0.25) is 4.90 Å². The molecule has 1 heterocycles. The highest BCUT2D eigenvalue weighted by Gasteiger charge is 2.21. The van der Waals surface area contributed by atoms with Gasteiger partial charge in [-0.15, -0.1) is 0 Å². The lowest BCUT2D eigenvalue weighted by Gasteiger charge is -2.16. The standard InChI is InChI=1S/C8H16FNO/c1-2-7(9)5-10-4-3-8(11)6-10/h7-8,11H,2-6H2,1H3/t7?,8-/m0/s1. The minimum atomic E-state index is -0.722. The molecule has 1 aliphatic heterocycles. The fraction of sp³-hybridized carbons (Fsp3) is 1.00. The molecule has 1 N–H and O–H groups in total. The molecule has 0 aliphatic carbocycles. The molecule has 0 amide bonds. The van der Waals surface area contributed by atoms with Crippen molar-refractivity contribution in [3.63, 3.8) is 0 Å². The first-order valence-electron chi connectivity index (χ1n) is 4.27. The quantitative estimate of drug-likeness (QED) is 0.662. The summed E-state index contributed by atoms with van der Waals surface area (Å²) in [5, 5.41) is 9.12. The second-order valence-corrected chi connectivity index (χ2v) is 3.21. The maximum absolute atomic E-state index is 12.8. The van der Waals surface area contributed by atoms with Crippen LogP contribution in [-0.2, 0) is 0 Å². The van der Waals surface area contributed by atoms with Gasteiger partial charge >= 0.3 is 0 Å². The molecule has 2 atom stereocenters. The fourth-order valence-electron chi connectivity index (χ4n) is 1.39. The van der Waals surface area contributed by atoms with Crippen molar-refractivity contribution in [1.29, 1.82) is 0 Å². The molecule has 0 radical (unpaired) electrons. The van der Waals surface area contributed by atoms with Crippen molar-refractivity contribution in [2.45, 2.75) is 32.0 Å². The molecule has 1 fully saturated rings. The van der Waals surface area contributed by atoms with Gasteiger partial charge in [-0.05, 0) is 12.8 Å². The van der Waals surface area contributed by atoms with Gasteiger partial charge < -0.3 is 5.11 Å². The average Bonchev–Trinajstić information content (AvgIpc) is 2.35. The van der Waals surface area contributed by atoms with Crippen LogP contribution in [0, 0.1) is 0 Å². The van der Waals surface area contributed by atoms with E-state index in [1.54, 1.807) is 0 Å². The van der Waals surface area contributed by atoms with Crippen molar-refractivity contribution >= 4 is 0 Å². The summed E-state index contributed by atoms with van der Waals surface area (Å²) in [6.45, 7) is 3.84. The van der Waals surface area contributed by atoms with E-state index in [-0.39, 0.29) is 6.10 Å². The monoisotopic (exact) mass is 161 g/mol. The lowest BCUT2D eigenvalue weighted by atomic mass is 10.3. The zero-order chi connectivity index (χ0) is 8.27. The first-order valence-corrected chi connectivity index (χ1v) is 4.27. The van der Waals surface area contributed by atoms with Gasteiger partial charge in [0.1, 0.15) is 6.17 Å². The number of hydrogen-bond donors (Lipinski definition) is 1. The topological polar surface area (TPSA) is 23.5 Å². The van der Waals surface area contributed by atoms with Gasteiger partial charge in [0.15, 0.2) is 0 Å². The number of likely N-dealkylation sites (tertiary alicyclic amines) is 1. The number of β-amino-alcohol motifs (C(OH)–C–C–N with tert-alkyl or cyclic N) is 1. The van der Waals surface area contributed by atoms with Crippen LogP contribution in [-0.4, -0.2) is 41.9 Å². The van der Waals surface area contributed by atoms with Gasteiger partial charge in [-0.1, -0.05) is 6.92 Å². The van der Waals surface area contributed by atoms with Crippen molar-refractivity contribution in [2.24, 2.45) is 0 Å². The van der Waals surface area contributed by atoms with Gasteiger partial charge in [0.25, 0.3) is 0 Å². The van der Waals surface area contributed by atoms with E-state index < -0.39 is 6.17 Å². The molecular weight excluding hydrogens is 145 g/mol. The van der Waals surface area contributed by atoms with E-state index >= 15 is 0 Å². The van der Waals surface area contributed by atoms with Crippen LogP contribution in [0.4, 0.5) is 4.39 Å². The van der Waals surface area contributed by atoms with Gasteiger partial charge in [0.2, 0.25) is 0 Å². The lowest BCUT2D eigenvalue weighted by molar-refractivity contribution is 0.160. The van der Waals surface area contributed by atoms with E-state index in [0.29, 0.717) is 19.5 Å². The number of aliphatic hydroxyl groups is 1. The first kappa shape index (κ1) is 8.94. The largest absolute Gasteiger partial charge is 0.392 e. The van der Waals surface area contributed by atoms with Crippen LogP contribution in [0.2, 0.25) is 0 Å². The third-order valence-electron chi connectivity index (χ3n) is 2.15. The zero-order valence-corrected chi connectivity index (χ0v) is 6.96. The molecule has 0 aromatic heterocycles. The smallest absolute Gasteiger partial charge is 0.112 e. The maximum Gasteiger partial charge on any atom is 0.112 e. The first-order chi connectivity index (χ1) is 5.22. The van der Waals surface area contributed by atoms with Crippen LogP contribution in [0.3, 0.4) is 0 Å². The summed E-state index contributed by atoms with van der Waals surface area (Å²) in [5.74, 6) is 0. The van der Waals surface area contributed by atoms with Crippen LogP contribution >= 0.6 is 0 Å². The van der Waals surface area contributed by atoms with E-state index in [1.807, 2.05) is 11.8 Å². The van der Waals surface area contributed by atoms with Gasteiger partial charge in [0.05, 0.1) is 6.10 Å². The van der Waals surface area contributed by atoms with Crippen molar-refractivity contribution in [3.05, 3.63) is 0 Å². The Labute approximate surface area is 67.0 Å². The molecule has 0 aromatic rings.